The van der Waals surface area contributed by atoms with Gasteiger partial charge in [-0.1, -0.05) is 29.8 Å². The Morgan fingerprint density at radius 1 is 0.935 bits per heavy atom. The van der Waals surface area contributed by atoms with Crippen LogP contribution in [0.25, 0.3) is 10.9 Å². The standard InChI is InChI=1S/C34H33ClN8O3/c1-41-13-12-26-28(6-3-7-29(26)41)39-34(45)43-16-14-42(15-17-43)31(44)21-46-30-11-10-25-19-23(30)9-8-22-4-2-5-24(18-22)38-33-36-20-27(35)32(37-25)40-33/h2-7,10-13,18-20H,8-9,14-17,21H2,1H3,(H,39,45)(H2,36,37,38,40). The number of halogens is 1. The lowest BCUT2D eigenvalue weighted by Crippen LogP contribution is -2.52. The van der Waals surface area contributed by atoms with Gasteiger partial charge in [0.2, 0.25) is 5.95 Å². The van der Waals surface area contributed by atoms with E-state index in [-0.39, 0.29) is 18.5 Å². The Morgan fingerprint density at radius 3 is 2.61 bits per heavy atom. The Hall–Kier alpha value is -5.29. The van der Waals surface area contributed by atoms with Crippen molar-refractivity contribution in [1.29, 1.82) is 0 Å². The van der Waals surface area contributed by atoms with Gasteiger partial charge in [-0.15, -0.1) is 0 Å². The van der Waals surface area contributed by atoms with Gasteiger partial charge >= 0.3 is 6.03 Å². The molecule has 3 N–H and O–H groups in total. The van der Waals surface area contributed by atoms with Crippen LogP contribution in [0, 0.1) is 0 Å². The van der Waals surface area contributed by atoms with Gasteiger partial charge in [-0.25, -0.2) is 9.78 Å². The quantitative estimate of drug-likeness (QED) is 0.223. The molecular formula is C34H33ClN8O3. The van der Waals surface area contributed by atoms with Crippen molar-refractivity contribution in [2.45, 2.75) is 12.8 Å². The van der Waals surface area contributed by atoms with Gasteiger partial charge in [-0.05, 0) is 72.5 Å². The van der Waals surface area contributed by atoms with Gasteiger partial charge in [0, 0.05) is 61.7 Å². The number of ether oxygens (including phenoxy) is 1. The minimum atomic E-state index is -0.172. The highest BCUT2D eigenvalue weighted by Crippen LogP contribution is 2.30. The maximum atomic E-state index is 13.2. The number of anilines is 5. The third kappa shape index (κ3) is 6.27. The summed E-state index contributed by atoms with van der Waals surface area (Å²) in [6.45, 7) is 1.66. The fourth-order valence-corrected chi connectivity index (χ4v) is 5.99. The normalized spacial score (nSPS) is 14.3. The SMILES string of the molecule is Cn1ccc2c(NC(=O)N3CCN(C(=O)COc4ccc5cc4CCc4cccc(c4)Nc4ncc(Cl)c(n4)N5)CC3)cccc21. The third-order valence-corrected chi connectivity index (χ3v) is 8.65. The maximum absolute atomic E-state index is 13.2. The number of hydrogen-bond donors (Lipinski definition) is 3. The molecule has 7 rings (SSSR count). The second kappa shape index (κ2) is 12.6. The van der Waals surface area contributed by atoms with Gasteiger partial charge in [0.1, 0.15) is 10.8 Å². The van der Waals surface area contributed by atoms with Crippen molar-refractivity contribution in [3.05, 3.63) is 95.3 Å². The first-order valence-corrected chi connectivity index (χ1v) is 15.6. The molecule has 3 amide bonds. The van der Waals surface area contributed by atoms with E-state index in [9.17, 15) is 9.59 Å². The van der Waals surface area contributed by atoms with Crippen molar-refractivity contribution < 1.29 is 14.3 Å². The van der Waals surface area contributed by atoms with E-state index in [1.165, 1.54) is 0 Å². The largest absolute Gasteiger partial charge is 0.483 e. The minimum absolute atomic E-state index is 0.0948. The molecule has 6 bridgehead atoms. The summed E-state index contributed by atoms with van der Waals surface area (Å²) in [6, 6.07) is 21.5. The number of aryl methyl sites for hydroxylation is 3. The molecule has 11 nitrogen and oxygen atoms in total. The monoisotopic (exact) mass is 636 g/mol. The van der Waals surface area contributed by atoms with E-state index < -0.39 is 0 Å². The van der Waals surface area contributed by atoms with Gasteiger partial charge in [-0.2, -0.15) is 4.98 Å². The van der Waals surface area contributed by atoms with Crippen molar-refractivity contribution in [2.75, 3.05) is 48.7 Å². The number of hydrogen-bond acceptors (Lipinski definition) is 7. The number of benzene rings is 3. The van der Waals surface area contributed by atoms with Crippen LogP contribution in [0.15, 0.2) is 79.1 Å². The topological polar surface area (TPSA) is 117 Å². The summed E-state index contributed by atoms with van der Waals surface area (Å²) >= 11 is 6.40. The summed E-state index contributed by atoms with van der Waals surface area (Å²) in [4.78, 5) is 38.6. The molecule has 0 unspecified atom stereocenters. The molecule has 5 aromatic rings. The number of urea groups is 1. The molecule has 0 aliphatic carbocycles. The van der Waals surface area contributed by atoms with Crippen molar-refractivity contribution in [1.82, 2.24) is 24.3 Å². The van der Waals surface area contributed by atoms with Crippen LogP contribution in [0.2, 0.25) is 5.02 Å². The number of piperazine rings is 1. The first kappa shape index (κ1) is 29.4. The fraction of sp³-hybridized carbons (Fsp3) is 0.235. The first-order chi connectivity index (χ1) is 22.4. The minimum Gasteiger partial charge on any atom is -0.483 e. The van der Waals surface area contributed by atoms with Crippen LogP contribution in [0.3, 0.4) is 0 Å². The summed E-state index contributed by atoms with van der Waals surface area (Å²) in [5.41, 5.74) is 5.59. The average molecular weight is 637 g/mol. The van der Waals surface area contributed by atoms with E-state index in [2.05, 4.69) is 38.1 Å². The molecule has 2 aliphatic heterocycles. The van der Waals surface area contributed by atoms with Gasteiger partial charge in [0.15, 0.2) is 12.4 Å². The average Bonchev–Trinajstić information content (AvgIpc) is 3.46. The number of fused-ring (bicyclic) bond motifs is 7. The number of amides is 3. The Bertz CT molecular complexity index is 1940. The number of aromatic nitrogens is 3. The highest BCUT2D eigenvalue weighted by Gasteiger charge is 2.25. The molecule has 0 radical (unpaired) electrons. The van der Waals surface area contributed by atoms with E-state index >= 15 is 0 Å². The van der Waals surface area contributed by atoms with Crippen LogP contribution in [0.1, 0.15) is 11.1 Å². The number of carbonyl (C=O) groups excluding carboxylic acids is 2. The summed E-state index contributed by atoms with van der Waals surface area (Å²) in [7, 11) is 1.98. The predicted molar refractivity (Wildman–Crippen MR) is 179 cm³/mol. The van der Waals surface area contributed by atoms with E-state index in [0.29, 0.717) is 55.1 Å². The van der Waals surface area contributed by atoms with Gasteiger partial charge in [0.05, 0.1) is 11.9 Å². The molecule has 3 aromatic carbocycles. The number of rotatable bonds is 4. The van der Waals surface area contributed by atoms with Crippen LogP contribution in [-0.2, 0) is 24.7 Å². The van der Waals surface area contributed by atoms with Crippen molar-refractivity contribution in [3.63, 3.8) is 0 Å². The maximum Gasteiger partial charge on any atom is 0.321 e. The van der Waals surface area contributed by atoms with Crippen LogP contribution >= 0.6 is 11.6 Å². The van der Waals surface area contributed by atoms with Gasteiger partial charge < -0.3 is 35.1 Å². The molecule has 1 saturated heterocycles. The summed E-state index contributed by atoms with van der Waals surface area (Å²) in [5.74, 6) is 1.44. The van der Waals surface area contributed by atoms with Gasteiger partial charge in [-0.3, -0.25) is 4.79 Å². The van der Waals surface area contributed by atoms with Gasteiger partial charge in [0.25, 0.3) is 5.91 Å². The molecule has 4 heterocycles. The zero-order chi connectivity index (χ0) is 31.6. The molecule has 234 valence electrons. The highest BCUT2D eigenvalue weighted by atomic mass is 35.5. The predicted octanol–water partition coefficient (Wildman–Crippen LogP) is 5.96. The Kier molecular flexibility index (Phi) is 8.06. The zero-order valence-electron chi connectivity index (χ0n) is 25.3. The summed E-state index contributed by atoms with van der Waals surface area (Å²) in [5, 5.41) is 11.0. The molecule has 1 fully saturated rings. The molecule has 12 heteroatoms. The molecule has 46 heavy (non-hydrogen) atoms. The summed E-state index contributed by atoms with van der Waals surface area (Å²) in [6.07, 6.45) is 5.00. The molecule has 0 saturated carbocycles. The Morgan fingerprint density at radius 2 is 1.74 bits per heavy atom. The van der Waals surface area contributed by atoms with Crippen molar-refractivity contribution in [3.8, 4) is 5.75 Å². The lowest BCUT2D eigenvalue weighted by molar-refractivity contribution is -0.134. The highest BCUT2D eigenvalue weighted by molar-refractivity contribution is 6.32. The van der Waals surface area contributed by atoms with E-state index in [0.717, 1.165) is 45.5 Å². The molecule has 0 spiro atoms. The molecular weight excluding hydrogens is 604 g/mol. The third-order valence-electron chi connectivity index (χ3n) is 8.37. The Balaban J connectivity index is 0.993. The van der Waals surface area contributed by atoms with E-state index in [1.54, 1.807) is 16.0 Å². The van der Waals surface area contributed by atoms with Crippen molar-refractivity contribution in [2.24, 2.45) is 7.05 Å². The van der Waals surface area contributed by atoms with Crippen LogP contribution < -0.4 is 20.7 Å². The second-order valence-corrected chi connectivity index (χ2v) is 11.8. The lowest BCUT2D eigenvalue weighted by Gasteiger charge is -2.34. The molecule has 2 aliphatic rings. The van der Waals surface area contributed by atoms with Crippen LogP contribution in [-0.4, -0.2) is 69.1 Å². The number of nitrogens with one attached hydrogen (secondary N) is 3. The lowest BCUT2D eigenvalue weighted by atomic mass is 10.0. The molecule has 2 aromatic heterocycles. The number of nitrogens with zero attached hydrogens (tertiary/aromatic N) is 5. The fourth-order valence-electron chi connectivity index (χ4n) is 5.85. The van der Waals surface area contributed by atoms with E-state index in [1.807, 2.05) is 72.4 Å². The van der Waals surface area contributed by atoms with E-state index in [4.69, 9.17) is 16.3 Å². The smallest absolute Gasteiger partial charge is 0.321 e. The molecule has 0 atom stereocenters. The number of carbonyl (C=O) groups is 2. The van der Waals surface area contributed by atoms with Crippen LogP contribution in [0.5, 0.6) is 5.75 Å². The van der Waals surface area contributed by atoms with Crippen molar-refractivity contribution >= 4 is 63.3 Å². The van der Waals surface area contributed by atoms with Crippen LogP contribution in [0.4, 0.5) is 33.6 Å². The first-order valence-electron chi connectivity index (χ1n) is 15.2. The summed E-state index contributed by atoms with van der Waals surface area (Å²) < 4.78 is 8.14. The Labute approximate surface area is 271 Å². The second-order valence-electron chi connectivity index (χ2n) is 11.4. The zero-order valence-corrected chi connectivity index (χ0v) is 26.1.